The van der Waals surface area contributed by atoms with E-state index in [1.807, 2.05) is 26.0 Å². The summed E-state index contributed by atoms with van der Waals surface area (Å²) in [6, 6.07) is 7.61. The Morgan fingerprint density at radius 3 is 2.58 bits per heavy atom. The minimum atomic E-state index is -0.466. The normalized spacial score (nSPS) is 23.4. The maximum absolute atomic E-state index is 9.31. The molecule has 1 aliphatic rings. The first kappa shape index (κ1) is 14.3. The maximum Gasteiger partial charge on any atom is 0.163 e. The number of benzene rings is 1. The van der Waals surface area contributed by atoms with Gasteiger partial charge in [0.2, 0.25) is 0 Å². The van der Waals surface area contributed by atoms with Crippen LogP contribution in [0.15, 0.2) is 24.3 Å². The smallest absolute Gasteiger partial charge is 0.163 e. The van der Waals surface area contributed by atoms with Gasteiger partial charge >= 0.3 is 0 Å². The summed E-state index contributed by atoms with van der Waals surface area (Å²) in [5.74, 6) is -0.167. The Bertz CT molecular complexity index is 402. The average molecular weight is 265 g/mol. The third-order valence-electron chi connectivity index (χ3n) is 3.36. The Morgan fingerprint density at radius 1 is 1.37 bits per heavy atom. The third-order valence-corrected chi connectivity index (χ3v) is 3.36. The molecule has 2 atom stereocenters. The topological polar surface area (TPSA) is 50.7 Å². The third kappa shape index (κ3) is 3.93. The zero-order chi connectivity index (χ0) is 13.9. The highest BCUT2D eigenvalue weighted by Crippen LogP contribution is 2.23. The van der Waals surface area contributed by atoms with Crippen LogP contribution in [0.2, 0.25) is 0 Å². The van der Waals surface area contributed by atoms with Crippen molar-refractivity contribution in [3.63, 3.8) is 0 Å². The fraction of sp³-hybridized carbons (Fsp3) is 0.600. The highest BCUT2D eigenvalue weighted by molar-refractivity contribution is 5.27. The fourth-order valence-electron chi connectivity index (χ4n) is 2.34. The number of phenols is 1. The Labute approximate surface area is 114 Å². The Kier molecular flexibility index (Phi) is 4.45. The van der Waals surface area contributed by atoms with Gasteiger partial charge in [0, 0.05) is 12.6 Å². The highest BCUT2D eigenvalue weighted by Gasteiger charge is 2.32. The van der Waals surface area contributed by atoms with Crippen molar-refractivity contribution in [2.75, 3.05) is 13.2 Å². The largest absolute Gasteiger partial charge is 0.508 e. The molecule has 0 aliphatic carbocycles. The van der Waals surface area contributed by atoms with Crippen LogP contribution in [-0.4, -0.2) is 30.1 Å². The first-order chi connectivity index (χ1) is 9.00. The molecule has 2 unspecified atom stereocenters. The summed E-state index contributed by atoms with van der Waals surface area (Å²) in [6.07, 6.45) is 1.09. The van der Waals surface area contributed by atoms with Gasteiger partial charge in [0.25, 0.3) is 0 Å². The average Bonchev–Trinajstić information content (AvgIpc) is 2.72. The minimum absolute atomic E-state index is 0.0983. The van der Waals surface area contributed by atoms with Crippen LogP contribution in [-0.2, 0) is 9.47 Å². The summed E-state index contributed by atoms with van der Waals surface area (Å²) in [5.41, 5.74) is 1.18. The van der Waals surface area contributed by atoms with Crippen molar-refractivity contribution in [1.82, 2.24) is 5.32 Å². The Balaban J connectivity index is 1.88. The van der Waals surface area contributed by atoms with Crippen LogP contribution in [0.1, 0.15) is 38.8 Å². The second kappa shape index (κ2) is 5.90. The molecular formula is C15H23NO3. The van der Waals surface area contributed by atoms with Crippen LogP contribution in [0.5, 0.6) is 5.75 Å². The second-order valence-corrected chi connectivity index (χ2v) is 5.41. The van der Waals surface area contributed by atoms with E-state index < -0.39 is 5.79 Å². The lowest BCUT2D eigenvalue weighted by atomic mass is 10.0. The molecule has 1 heterocycles. The van der Waals surface area contributed by atoms with Crippen LogP contribution in [0, 0.1) is 0 Å². The van der Waals surface area contributed by atoms with Crippen LogP contribution >= 0.6 is 0 Å². The summed E-state index contributed by atoms with van der Waals surface area (Å²) in [7, 11) is 0. The molecule has 4 nitrogen and oxygen atoms in total. The number of hydrogen-bond acceptors (Lipinski definition) is 4. The van der Waals surface area contributed by atoms with E-state index in [0.717, 1.165) is 13.0 Å². The van der Waals surface area contributed by atoms with Crippen molar-refractivity contribution in [3.8, 4) is 5.75 Å². The number of nitrogens with one attached hydrogen (secondary N) is 1. The molecule has 1 saturated heterocycles. The zero-order valence-corrected chi connectivity index (χ0v) is 11.8. The van der Waals surface area contributed by atoms with E-state index >= 15 is 0 Å². The lowest BCUT2D eigenvalue weighted by Gasteiger charge is -2.21. The SMILES string of the molecule is CCC(NCC1COC(C)(C)O1)c1ccc(O)cc1. The van der Waals surface area contributed by atoms with Gasteiger partial charge in [-0.25, -0.2) is 0 Å². The van der Waals surface area contributed by atoms with Crippen molar-refractivity contribution in [2.45, 2.75) is 45.1 Å². The number of rotatable bonds is 5. The summed E-state index contributed by atoms with van der Waals surface area (Å²) in [5, 5.41) is 12.8. The van der Waals surface area contributed by atoms with Gasteiger partial charge in [-0.3, -0.25) is 0 Å². The van der Waals surface area contributed by atoms with Crippen molar-refractivity contribution < 1.29 is 14.6 Å². The van der Waals surface area contributed by atoms with Crippen LogP contribution in [0.4, 0.5) is 0 Å². The monoisotopic (exact) mass is 265 g/mol. The maximum atomic E-state index is 9.31. The number of aromatic hydroxyl groups is 1. The van der Waals surface area contributed by atoms with Crippen molar-refractivity contribution in [3.05, 3.63) is 29.8 Å². The first-order valence-electron chi connectivity index (χ1n) is 6.84. The highest BCUT2D eigenvalue weighted by atomic mass is 16.7. The second-order valence-electron chi connectivity index (χ2n) is 5.41. The number of hydrogen-bond donors (Lipinski definition) is 2. The standard InChI is InChI=1S/C15H23NO3/c1-4-14(11-5-7-12(17)8-6-11)16-9-13-10-18-15(2,3)19-13/h5-8,13-14,16-17H,4,9-10H2,1-3H3. The van der Waals surface area contributed by atoms with Gasteiger partial charge in [-0.1, -0.05) is 19.1 Å². The van der Waals surface area contributed by atoms with Gasteiger partial charge in [0.05, 0.1) is 12.7 Å². The molecule has 19 heavy (non-hydrogen) atoms. The molecule has 1 aromatic carbocycles. The summed E-state index contributed by atoms with van der Waals surface area (Å²) >= 11 is 0. The van der Waals surface area contributed by atoms with Crippen molar-refractivity contribution in [1.29, 1.82) is 0 Å². The Hall–Kier alpha value is -1.10. The number of ether oxygens (including phenoxy) is 2. The van der Waals surface area contributed by atoms with Gasteiger partial charge in [0.1, 0.15) is 5.75 Å². The lowest BCUT2D eigenvalue weighted by molar-refractivity contribution is -0.137. The molecule has 0 aromatic heterocycles. The molecule has 1 aliphatic heterocycles. The van der Waals surface area contributed by atoms with E-state index in [-0.39, 0.29) is 12.1 Å². The quantitative estimate of drug-likeness (QED) is 0.859. The van der Waals surface area contributed by atoms with E-state index in [1.165, 1.54) is 5.56 Å². The molecule has 0 amide bonds. The zero-order valence-electron chi connectivity index (χ0n) is 11.8. The van der Waals surface area contributed by atoms with Crippen molar-refractivity contribution in [2.24, 2.45) is 0 Å². The predicted molar refractivity (Wildman–Crippen MR) is 74.0 cm³/mol. The molecule has 106 valence electrons. The minimum Gasteiger partial charge on any atom is -0.508 e. The molecule has 1 aromatic rings. The molecule has 2 N–H and O–H groups in total. The van der Waals surface area contributed by atoms with E-state index in [2.05, 4.69) is 12.2 Å². The van der Waals surface area contributed by atoms with Gasteiger partial charge in [-0.2, -0.15) is 0 Å². The van der Waals surface area contributed by atoms with Gasteiger partial charge in [0.15, 0.2) is 5.79 Å². The van der Waals surface area contributed by atoms with E-state index in [4.69, 9.17) is 9.47 Å². The molecule has 2 rings (SSSR count). The van der Waals surface area contributed by atoms with Crippen molar-refractivity contribution >= 4 is 0 Å². The molecule has 1 fully saturated rings. The molecule has 4 heteroatoms. The summed E-state index contributed by atoms with van der Waals surface area (Å²) in [4.78, 5) is 0. The van der Waals surface area contributed by atoms with Crippen LogP contribution < -0.4 is 5.32 Å². The first-order valence-corrected chi connectivity index (χ1v) is 6.84. The molecular weight excluding hydrogens is 242 g/mol. The van der Waals surface area contributed by atoms with Gasteiger partial charge < -0.3 is 19.9 Å². The molecule has 0 bridgehead atoms. The van der Waals surface area contributed by atoms with E-state index in [1.54, 1.807) is 12.1 Å². The lowest BCUT2D eigenvalue weighted by Crippen LogP contribution is -2.32. The molecule has 0 spiro atoms. The van der Waals surface area contributed by atoms with Crippen LogP contribution in [0.25, 0.3) is 0 Å². The number of phenolic OH excluding ortho intramolecular Hbond substituents is 1. The Morgan fingerprint density at radius 2 is 2.05 bits per heavy atom. The summed E-state index contributed by atoms with van der Waals surface area (Å²) in [6.45, 7) is 7.41. The fourth-order valence-corrected chi connectivity index (χ4v) is 2.34. The summed E-state index contributed by atoms with van der Waals surface area (Å²) < 4.78 is 11.3. The predicted octanol–water partition coefficient (Wildman–Crippen LogP) is 2.58. The molecule has 0 radical (unpaired) electrons. The van der Waals surface area contributed by atoms with E-state index in [9.17, 15) is 5.11 Å². The van der Waals surface area contributed by atoms with E-state index in [0.29, 0.717) is 12.4 Å². The van der Waals surface area contributed by atoms with Crippen LogP contribution in [0.3, 0.4) is 0 Å². The molecule has 0 saturated carbocycles. The van der Waals surface area contributed by atoms with Gasteiger partial charge in [-0.05, 0) is 38.0 Å². The van der Waals surface area contributed by atoms with Gasteiger partial charge in [-0.15, -0.1) is 0 Å².